The van der Waals surface area contributed by atoms with Gasteiger partial charge in [-0.25, -0.2) is 0 Å². The third-order valence-corrected chi connectivity index (χ3v) is 3.60. The lowest BCUT2D eigenvalue weighted by molar-refractivity contribution is -0.384. The number of nitrogens with two attached hydrogens (primary N) is 1. The Hall–Kier alpha value is -1.62. The molecule has 1 aliphatic rings. The number of nitrogens with zero attached hydrogens (tertiary/aromatic N) is 2. The molecule has 0 aromatic heterocycles. The fraction of sp³-hybridized carbons (Fsp3) is 0.571. The highest BCUT2D eigenvalue weighted by molar-refractivity contribution is 5.59. The van der Waals surface area contributed by atoms with Crippen LogP contribution in [0.4, 0.5) is 11.4 Å². The molecule has 0 amide bonds. The van der Waals surface area contributed by atoms with Gasteiger partial charge < -0.3 is 5.73 Å². The summed E-state index contributed by atoms with van der Waals surface area (Å²) in [6, 6.07) is 5.54. The summed E-state index contributed by atoms with van der Waals surface area (Å²) in [7, 11) is 0. The molecular weight excluding hydrogens is 242 g/mol. The highest BCUT2D eigenvalue weighted by Crippen LogP contribution is 2.31. The van der Waals surface area contributed by atoms with Gasteiger partial charge in [0.2, 0.25) is 0 Å². The molecule has 0 atom stereocenters. The highest BCUT2D eigenvalue weighted by atomic mass is 16.6. The molecule has 0 spiro atoms. The Balaban J connectivity index is 2.11. The third-order valence-electron chi connectivity index (χ3n) is 3.60. The van der Waals surface area contributed by atoms with Crippen LogP contribution in [0.5, 0.6) is 0 Å². The van der Waals surface area contributed by atoms with Crippen molar-refractivity contribution in [3.05, 3.63) is 33.9 Å². The van der Waals surface area contributed by atoms with Crippen LogP contribution in [0.1, 0.15) is 32.3 Å². The quantitative estimate of drug-likeness (QED) is 0.486. The molecule has 1 fully saturated rings. The molecule has 1 aromatic rings. The SMILES string of the molecule is CC(C)N(Cc1ccc(N)c([N+](=O)[O-])c1)CC1CC1. The van der Waals surface area contributed by atoms with E-state index < -0.39 is 4.92 Å². The maximum Gasteiger partial charge on any atom is 0.292 e. The van der Waals surface area contributed by atoms with E-state index in [1.54, 1.807) is 12.1 Å². The molecule has 5 heteroatoms. The van der Waals surface area contributed by atoms with Crippen molar-refractivity contribution >= 4 is 11.4 Å². The molecule has 0 heterocycles. The molecule has 0 unspecified atom stereocenters. The predicted molar refractivity (Wildman–Crippen MR) is 75.8 cm³/mol. The second-order valence-electron chi connectivity index (χ2n) is 5.62. The Morgan fingerprint density at radius 3 is 2.68 bits per heavy atom. The summed E-state index contributed by atoms with van der Waals surface area (Å²) in [6.45, 7) is 6.15. The molecule has 19 heavy (non-hydrogen) atoms. The maximum absolute atomic E-state index is 10.9. The minimum atomic E-state index is -0.417. The zero-order valence-electron chi connectivity index (χ0n) is 11.5. The Bertz CT molecular complexity index is 470. The normalized spacial score (nSPS) is 15.2. The van der Waals surface area contributed by atoms with Crippen LogP contribution in [-0.2, 0) is 6.54 Å². The summed E-state index contributed by atoms with van der Waals surface area (Å²) in [6.07, 6.45) is 2.62. The molecule has 2 N–H and O–H groups in total. The minimum Gasteiger partial charge on any atom is -0.393 e. The van der Waals surface area contributed by atoms with E-state index in [0.29, 0.717) is 6.04 Å². The van der Waals surface area contributed by atoms with Crippen LogP contribution in [0.3, 0.4) is 0 Å². The fourth-order valence-corrected chi connectivity index (χ4v) is 2.17. The van der Waals surface area contributed by atoms with E-state index >= 15 is 0 Å². The van der Waals surface area contributed by atoms with E-state index in [2.05, 4.69) is 18.7 Å². The number of rotatable bonds is 6. The monoisotopic (exact) mass is 263 g/mol. The smallest absolute Gasteiger partial charge is 0.292 e. The molecule has 0 radical (unpaired) electrons. The number of benzene rings is 1. The molecule has 1 aromatic carbocycles. The number of nitro benzene ring substituents is 1. The van der Waals surface area contributed by atoms with Gasteiger partial charge in [0.1, 0.15) is 5.69 Å². The van der Waals surface area contributed by atoms with Crippen LogP contribution in [0.2, 0.25) is 0 Å². The Labute approximate surface area is 113 Å². The fourth-order valence-electron chi connectivity index (χ4n) is 2.17. The van der Waals surface area contributed by atoms with Crippen molar-refractivity contribution in [1.82, 2.24) is 4.90 Å². The van der Waals surface area contributed by atoms with Crippen molar-refractivity contribution in [2.75, 3.05) is 12.3 Å². The van der Waals surface area contributed by atoms with Crippen molar-refractivity contribution in [1.29, 1.82) is 0 Å². The van der Waals surface area contributed by atoms with E-state index in [9.17, 15) is 10.1 Å². The summed E-state index contributed by atoms with van der Waals surface area (Å²) < 4.78 is 0. The second kappa shape index (κ2) is 5.57. The largest absolute Gasteiger partial charge is 0.393 e. The van der Waals surface area contributed by atoms with Crippen LogP contribution < -0.4 is 5.73 Å². The Morgan fingerprint density at radius 1 is 1.47 bits per heavy atom. The molecular formula is C14H21N3O2. The number of nitro groups is 1. The van der Waals surface area contributed by atoms with E-state index in [0.717, 1.165) is 24.6 Å². The number of hydrogen-bond acceptors (Lipinski definition) is 4. The summed E-state index contributed by atoms with van der Waals surface area (Å²) >= 11 is 0. The van der Waals surface area contributed by atoms with Gasteiger partial charge >= 0.3 is 0 Å². The third kappa shape index (κ3) is 3.67. The standard InChI is InChI=1S/C14H21N3O2/c1-10(2)16(8-11-3-4-11)9-12-5-6-13(15)14(7-12)17(18)19/h5-7,10-11H,3-4,8-9,15H2,1-2H3. The van der Waals surface area contributed by atoms with Gasteiger partial charge in [0, 0.05) is 25.2 Å². The molecule has 0 aliphatic heterocycles. The van der Waals surface area contributed by atoms with Gasteiger partial charge in [0.25, 0.3) is 5.69 Å². The average Bonchev–Trinajstić information content (AvgIpc) is 3.14. The van der Waals surface area contributed by atoms with Crippen LogP contribution >= 0.6 is 0 Å². The molecule has 0 bridgehead atoms. The first-order valence-electron chi connectivity index (χ1n) is 6.74. The molecule has 2 rings (SSSR count). The van der Waals surface area contributed by atoms with Crippen LogP contribution in [0, 0.1) is 16.0 Å². The zero-order valence-corrected chi connectivity index (χ0v) is 11.5. The Kier molecular flexibility index (Phi) is 4.04. The topological polar surface area (TPSA) is 72.4 Å². The van der Waals surface area contributed by atoms with Gasteiger partial charge in [0.05, 0.1) is 4.92 Å². The number of anilines is 1. The van der Waals surface area contributed by atoms with E-state index in [-0.39, 0.29) is 11.4 Å². The summed E-state index contributed by atoms with van der Waals surface area (Å²) in [5.74, 6) is 0.811. The van der Waals surface area contributed by atoms with E-state index in [1.165, 1.54) is 12.8 Å². The summed E-state index contributed by atoms with van der Waals surface area (Å²) in [5.41, 5.74) is 6.81. The van der Waals surface area contributed by atoms with Crippen molar-refractivity contribution in [3.63, 3.8) is 0 Å². The first-order chi connectivity index (χ1) is 8.97. The van der Waals surface area contributed by atoms with Crippen LogP contribution in [0.15, 0.2) is 18.2 Å². The second-order valence-corrected chi connectivity index (χ2v) is 5.62. The van der Waals surface area contributed by atoms with Gasteiger partial charge in [-0.05, 0) is 44.2 Å². The Morgan fingerprint density at radius 2 is 2.16 bits per heavy atom. The van der Waals surface area contributed by atoms with Gasteiger partial charge in [-0.1, -0.05) is 6.07 Å². The lowest BCUT2D eigenvalue weighted by Crippen LogP contribution is -2.32. The lowest BCUT2D eigenvalue weighted by Gasteiger charge is -2.26. The first-order valence-corrected chi connectivity index (χ1v) is 6.74. The van der Waals surface area contributed by atoms with Gasteiger partial charge in [-0.3, -0.25) is 15.0 Å². The lowest BCUT2D eigenvalue weighted by atomic mass is 10.1. The number of hydrogen-bond donors (Lipinski definition) is 1. The average molecular weight is 263 g/mol. The van der Waals surface area contributed by atoms with Crippen molar-refractivity contribution in [3.8, 4) is 0 Å². The molecule has 1 saturated carbocycles. The van der Waals surface area contributed by atoms with Gasteiger partial charge in [0.15, 0.2) is 0 Å². The molecule has 0 saturated heterocycles. The number of nitrogen functional groups attached to an aromatic ring is 1. The van der Waals surface area contributed by atoms with Crippen molar-refractivity contribution in [2.45, 2.75) is 39.3 Å². The first kappa shape index (κ1) is 13.8. The van der Waals surface area contributed by atoms with Crippen LogP contribution in [-0.4, -0.2) is 22.4 Å². The van der Waals surface area contributed by atoms with Crippen LogP contribution in [0.25, 0.3) is 0 Å². The molecule has 1 aliphatic carbocycles. The van der Waals surface area contributed by atoms with Crippen molar-refractivity contribution in [2.24, 2.45) is 5.92 Å². The predicted octanol–water partition coefficient (Wildman–Crippen LogP) is 2.80. The van der Waals surface area contributed by atoms with Gasteiger partial charge in [-0.15, -0.1) is 0 Å². The zero-order chi connectivity index (χ0) is 14.0. The molecule has 104 valence electrons. The van der Waals surface area contributed by atoms with Gasteiger partial charge in [-0.2, -0.15) is 0 Å². The van der Waals surface area contributed by atoms with Crippen molar-refractivity contribution < 1.29 is 4.92 Å². The maximum atomic E-state index is 10.9. The summed E-state index contributed by atoms with van der Waals surface area (Å²) in [4.78, 5) is 12.8. The van der Waals surface area contributed by atoms with E-state index in [1.807, 2.05) is 6.07 Å². The minimum absolute atomic E-state index is 0.00706. The summed E-state index contributed by atoms with van der Waals surface area (Å²) in [5, 5.41) is 10.9. The highest BCUT2D eigenvalue weighted by Gasteiger charge is 2.25. The van der Waals surface area contributed by atoms with E-state index in [4.69, 9.17) is 5.73 Å². The molecule has 5 nitrogen and oxygen atoms in total.